The van der Waals surface area contributed by atoms with Crippen LogP contribution in [-0.2, 0) is 9.53 Å². The monoisotopic (exact) mass is 323 g/mol. The number of thiophene rings is 1. The molecular formula is C14H17N3O4S. The molecule has 0 aliphatic carbocycles. The van der Waals surface area contributed by atoms with Gasteiger partial charge in [-0.05, 0) is 12.8 Å². The van der Waals surface area contributed by atoms with Crippen molar-refractivity contribution in [3.8, 4) is 0 Å². The Balaban J connectivity index is 2.47. The predicted molar refractivity (Wildman–Crippen MR) is 83.3 cm³/mol. The van der Waals surface area contributed by atoms with Crippen LogP contribution in [0.15, 0.2) is 11.7 Å². The van der Waals surface area contributed by atoms with Crippen LogP contribution < -0.4 is 5.32 Å². The van der Waals surface area contributed by atoms with Crippen molar-refractivity contribution >= 4 is 39.3 Å². The van der Waals surface area contributed by atoms with Crippen molar-refractivity contribution < 1.29 is 19.4 Å². The van der Waals surface area contributed by atoms with Gasteiger partial charge in [0.1, 0.15) is 23.0 Å². The number of hydrogen-bond donors (Lipinski definition) is 2. The summed E-state index contributed by atoms with van der Waals surface area (Å²) in [4.78, 5) is 32.2. The van der Waals surface area contributed by atoms with Gasteiger partial charge in [-0.2, -0.15) is 0 Å². The lowest BCUT2D eigenvalue weighted by atomic mass is 10.0. The number of esters is 1. The smallest absolute Gasteiger partial charge is 0.339 e. The summed E-state index contributed by atoms with van der Waals surface area (Å²) < 4.78 is 5.02. The van der Waals surface area contributed by atoms with Gasteiger partial charge in [0.15, 0.2) is 0 Å². The zero-order valence-electron chi connectivity index (χ0n) is 12.5. The van der Waals surface area contributed by atoms with E-state index >= 15 is 0 Å². The number of fused-ring (bicyclic) bond motifs is 1. The molecule has 0 aromatic carbocycles. The van der Waals surface area contributed by atoms with E-state index in [1.807, 2.05) is 0 Å². The standard InChI is InChI=1S/C14H17N3O4S/c1-4-21-14(20)8-5-22-12-9(8)11(15-6-16-12)17-10(7(2)3)13(18)19/h5-7,10H,4H2,1-3H3,(H,18,19)(H,15,16,17). The van der Waals surface area contributed by atoms with E-state index < -0.39 is 18.0 Å². The summed E-state index contributed by atoms with van der Waals surface area (Å²) in [5, 5.41) is 14.3. The highest BCUT2D eigenvalue weighted by Crippen LogP contribution is 2.30. The SMILES string of the molecule is CCOC(=O)c1csc2ncnc(NC(C(=O)O)C(C)C)c12. The fraction of sp³-hybridized carbons (Fsp3) is 0.429. The minimum Gasteiger partial charge on any atom is -0.480 e. The number of anilines is 1. The summed E-state index contributed by atoms with van der Waals surface area (Å²) in [6.07, 6.45) is 1.34. The maximum atomic E-state index is 12.0. The minimum absolute atomic E-state index is 0.146. The molecule has 0 fully saturated rings. The second kappa shape index (κ2) is 6.69. The number of hydrogen-bond acceptors (Lipinski definition) is 7. The van der Waals surface area contributed by atoms with Crippen LogP contribution in [-0.4, -0.2) is 39.7 Å². The Morgan fingerprint density at radius 2 is 2.14 bits per heavy atom. The van der Waals surface area contributed by atoms with Gasteiger partial charge < -0.3 is 15.2 Å². The molecule has 0 spiro atoms. The second-order valence-electron chi connectivity index (χ2n) is 4.98. The largest absolute Gasteiger partial charge is 0.480 e. The second-order valence-corrected chi connectivity index (χ2v) is 5.83. The van der Waals surface area contributed by atoms with Crippen molar-refractivity contribution in [2.24, 2.45) is 5.92 Å². The average molecular weight is 323 g/mol. The van der Waals surface area contributed by atoms with Crippen LogP contribution in [0.3, 0.4) is 0 Å². The summed E-state index contributed by atoms with van der Waals surface area (Å²) in [7, 11) is 0. The van der Waals surface area contributed by atoms with E-state index in [0.29, 0.717) is 21.6 Å². The average Bonchev–Trinajstić information content (AvgIpc) is 2.89. The molecule has 1 atom stereocenters. The number of carboxylic acid groups (broad SMARTS) is 1. The highest BCUT2D eigenvalue weighted by Gasteiger charge is 2.25. The minimum atomic E-state index is -0.977. The topological polar surface area (TPSA) is 101 Å². The number of aliphatic carboxylic acids is 1. The quantitative estimate of drug-likeness (QED) is 0.787. The molecule has 2 aromatic heterocycles. The summed E-state index contributed by atoms with van der Waals surface area (Å²) in [6.45, 7) is 5.58. The van der Waals surface area contributed by atoms with Gasteiger partial charge >= 0.3 is 11.9 Å². The molecule has 0 saturated carbocycles. The van der Waals surface area contributed by atoms with E-state index in [1.54, 1.807) is 26.2 Å². The van der Waals surface area contributed by atoms with Crippen molar-refractivity contribution in [1.29, 1.82) is 0 Å². The number of carboxylic acids is 1. The number of carbonyl (C=O) groups excluding carboxylic acids is 1. The Morgan fingerprint density at radius 3 is 2.73 bits per heavy atom. The maximum absolute atomic E-state index is 12.0. The highest BCUT2D eigenvalue weighted by molar-refractivity contribution is 7.17. The third-order valence-corrected chi connectivity index (χ3v) is 3.98. The van der Waals surface area contributed by atoms with Gasteiger partial charge in [0.2, 0.25) is 0 Å². The molecular weight excluding hydrogens is 306 g/mol. The third-order valence-electron chi connectivity index (χ3n) is 3.09. The molecule has 2 rings (SSSR count). The maximum Gasteiger partial charge on any atom is 0.339 e. The lowest BCUT2D eigenvalue weighted by Crippen LogP contribution is -2.34. The number of rotatable bonds is 6. The molecule has 2 N–H and O–H groups in total. The van der Waals surface area contributed by atoms with Crippen LogP contribution in [0.25, 0.3) is 10.2 Å². The highest BCUT2D eigenvalue weighted by atomic mass is 32.1. The van der Waals surface area contributed by atoms with Crippen LogP contribution in [0.2, 0.25) is 0 Å². The third kappa shape index (κ3) is 3.16. The lowest BCUT2D eigenvalue weighted by Gasteiger charge is -2.19. The van der Waals surface area contributed by atoms with E-state index in [2.05, 4.69) is 15.3 Å². The molecule has 0 aliphatic rings. The van der Waals surface area contributed by atoms with Crippen molar-refractivity contribution in [2.75, 3.05) is 11.9 Å². The molecule has 7 nitrogen and oxygen atoms in total. The number of ether oxygens (including phenoxy) is 1. The first kappa shape index (κ1) is 16.2. The molecule has 8 heteroatoms. The Bertz CT molecular complexity index is 698. The molecule has 0 saturated heterocycles. The van der Waals surface area contributed by atoms with Crippen molar-refractivity contribution in [3.63, 3.8) is 0 Å². The Morgan fingerprint density at radius 1 is 1.41 bits per heavy atom. The predicted octanol–water partition coefficient (Wildman–Crippen LogP) is 2.39. The Hall–Kier alpha value is -2.22. The Kier molecular flexibility index (Phi) is 4.92. The van der Waals surface area contributed by atoms with Gasteiger partial charge in [-0.1, -0.05) is 13.8 Å². The first-order valence-electron chi connectivity index (χ1n) is 6.84. The van der Waals surface area contributed by atoms with Crippen LogP contribution in [0.1, 0.15) is 31.1 Å². The molecule has 0 radical (unpaired) electrons. The van der Waals surface area contributed by atoms with Crippen LogP contribution in [0.5, 0.6) is 0 Å². The van der Waals surface area contributed by atoms with Gasteiger partial charge in [-0.3, -0.25) is 0 Å². The first-order chi connectivity index (χ1) is 10.5. The number of nitrogens with one attached hydrogen (secondary N) is 1. The van der Waals surface area contributed by atoms with E-state index in [9.17, 15) is 14.7 Å². The zero-order valence-corrected chi connectivity index (χ0v) is 13.3. The summed E-state index contributed by atoms with van der Waals surface area (Å²) in [5.41, 5.74) is 0.345. The number of nitrogens with zero attached hydrogens (tertiary/aromatic N) is 2. The van der Waals surface area contributed by atoms with Crippen LogP contribution >= 0.6 is 11.3 Å². The van der Waals surface area contributed by atoms with Gasteiger partial charge in [-0.15, -0.1) is 11.3 Å². The number of aromatic nitrogens is 2. The molecule has 22 heavy (non-hydrogen) atoms. The van der Waals surface area contributed by atoms with Crippen molar-refractivity contribution in [1.82, 2.24) is 9.97 Å². The molecule has 0 amide bonds. The van der Waals surface area contributed by atoms with E-state index in [0.717, 1.165) is 0 Å². The number of carbonyl (C=O) groups is 2. The van der Waals surface area contributed by atoms with Crippen LogP contribution in [0, 0.1) is 5.92 Å². The fourth-order valence-electron chi connectivity index (χ4n) is 2.00. The molecule has 118 valence electrons. The van der Waals surface area contributed by atoms with Gasteiger partial charge in [0.05, 0.1) is 17.6 Å². The van der Waals surface area contributed by atoms with E-state index in [-0.39, 0.29) is 12.5 Å². The van der Waals surface area contributed by atoms with Gasteiger partial charge in [0.25, 0.3) is 0 Å². The lowest BCUT2D eigenvalue weighted by molar-refractivity contribution is -0.138. The summed E-state index contributed by atoms with van der Waals surface area (Å²) >= 11 is 1.29. The van der Waals surface area contributed by atoms with Gasteiger partial charge in [0, 0.05) is 5.38 Å². The normalized spacial score (nSPS) is 12.4. The summed E-state index contributed by atoms with van der Waals surface area (Å²) in [5.74, 6) is -1.26. The summed E-state index contributed by atoms with van der Waals surface area (Å²) in [6, 6.07) is -0.812. The van der Waals surface area contributed by atoms with Crippen LogP contribution in [0.4, 0.5) is 5.82 Å². The van der Waals surface area contributed by atoms with Gasteiger partial charge in [-0.25, -0.2) is 19.6 Å². The molecule has 0 aliphatic heterocycles. The molecule has 2 heterocycles. The van der Waals surface area contributed by atoms with E-state index in [4.69, 9.17) is 4.74 Å². The van der Waals surface area contributed by atoms with Crippen molar-refractivity contribution in [3.05, 3.63) is 17.3 Å². The van der Waals surface area contributed by atoms with E-state index in [1.165, 1.54) is 17.7 Å². The first-order valence-corrected chi connectivity index (χ1v) is 7.72. The van der Waals surface area contributed by atoms with Crippen molar-refractivity contribution in [2.45, 2.75) is 26.8 Å². The molecule has 1 unspecified atom stereocenters. The molecule has 2 aromatic rings. The zero-order chi connectivity index (χ0) is 16.3. The molecule has 0 bridgehead atoms. The fourth-order valence-corrected chi connectivity index (χ4v) is 2.88. The Labute approximate surface area is 131 Å².